The molecule has 0 aliphatic heterocycles. The summed E-state index contributed by atoms with van der Waals surface area (Å²) in [6.07, 6.45) is 0.352. The lowest BCUT2D eigenvalue weighted by molar-refractivity contribution is -0.121. The molecule has 8 nitrogen and oxygen atoms in total. The van der Waals surface area contributed by atoms with Crippen LogP contribution >= 0.6 is 0 Å². The van der Waals surface area contributed by atoms with Gasteiger partial charge < -0.3 is 20.7 Å². The highest BCUT2D eigenvalue weighted by molar-refractivity contribution is 5.76. The average molecular weight is 296 g/mol. The fourth-order valence-corrected chi connectivity index (χ4v) is 1.55. The van der Waals surface area contributed by atoms with E-state index in [9.17, 15) is 4.79 Å². The van der Waals surface area contributed by atoms with Crippen LogP contribution < -0.4 is 20.7 Å². The molecule has 0 radical (unpaired) electrons. The second-order valence-electron chi connectivity index (χ2n) is 4.63. The molecule has 0 atom stereocenters. The highest BCUT2D eigenvalue weighted by Crippen LogP contribution is 2.11. The molecule has 0 aliphatic carbocycles. The Morgan fingerprint density at radius 3 is 2.38 bits per heavy atom. The molecule has 0 bridgehead atoms. The highest BCUT2D eigenvalue weighted by Gasteiger charge is 2.08. The van der Waals surface area contributed by atoms with Crippen molar-refractivity contribution < 1.29 is 9.53 Å². The summed E-state index contributed by atoms with van der Waals surface area (Å²) in [5, 5.41) is 8.84. The number of ether oxygens (including phenoxy) is 1. The maximum Gasteiger partial charge on any atom is 0.323 e. The average Bonchev–Trinajstić information content (AvgIpc) is 2.38. The molecular formula is C13H24N6O2. The van der Waals surface area contributed by atoms with Gasteiger partial charge in [0.1, 0.15) is 0 Å². The Kier molecular flexibility index (Phi) is 7.20. The van der Waals surface area contributed by atoms with E-state index in [1.165, 1.54) is 0 Å². The van der Waals surface area contributed by atoms with Crippen molar-refractivity contribution in [1.82, 2.24) is 20.3 Å². The normalized spacial score (nSPS) is 10.3. The van der Waals surface area contributed by atoms with Crippen LogP contribution in [0.1, 0.15) is 34.1 Å². The van der Waals surface area contributed by atoms with E-state index in [4.69, 9.17) is 4.74 Å². The van der Waals surface area contributed by atoms with Crippen LogP contribution in [-0.4, -0.2) is 46.6 Å². The number of carbonyl (C=O) groups excluding carboxylic acids is 1. The molecular weight excluding hydrogens is 272 g/mol. The second-order valence-corrected chi connectivity index (χ2v) is 4.63. The van der Waals surface area contributed by atoms with Crippen LogP contribution in [0, 0.1) is 0 Å². The minimum atomic E-state index is -0.0107. The molecule has 1 rings (SSSR count). The summed E-state index contributed by atoms with van der Waals surface area (Å²) in [4.78, 5) is 24.0. The third kappa shape index (κ3) is 6.73. The Hall–Kier alpha value is -2.12. The molecule has 1 amide bonds. The number of rotatable bonds is 9. The highest BCUT2D eigenvalue weighted by atomic mass is 16.5. The molecule has 0 unspecified atom stereocenters. The van der Waals surface area contributed by atoms with Crippen LogP contribution in [0.25, 0.3) is 0 Å². The third-order valence-electron chi connectivity index (χ3n) is 2.31. The summed E-state index contributed by atoms with van der Waals surface area (Å²) in [6.45, 7) is 9.29. The Balaban J connectivity index is 2.58. The maximum atomic E-state index is 11.5. The van der Waals surface area contributed by atoms with Crippen LogP contribution in [0.3, 0.4) is 0 Å². The van der Waals surface area contributed by atoms with Crippen molar-refractivity contribution in [2.75, 3.05) is 30.3 Å². The molecule has 8 heteroatoms. The lowest BCUT2D eigenvalue weighted by atomic mass is 10.3. The van der Waals surface area contributed by atoms with Gasteiger partial charge in [-0.25, -0.2) is 0 Å². The number of hydrogen-bond acceptors (Lipinski definition) is 7. The number of amides is 1. The van der Waals surface area contributed by atoms with Gasteiger partial charge in [0, 0.05) is 25.6 Å². The number of nitrogens with one attached hydrogen (secondary N) is 3. The summed E-state index contributed by atoms with van der Waals surface area (Å²) < 4.78 is 5.29. The van der Waals surface area contributed by atoms with Gasteiger partial charge in [0.15, 0.2) is 0 Å². The summed E-state index contributed by atoms with van der Waals surface area (Å²) >= 11 is 0. The first-order valence-corrected chi connectivity index (χ1v) is 7.21. The van der Waals surface area contributed by atoms with Crippen LogP contribution in [0.5, 0.6) is 6.01 Å². The third-order valence-corrected chi connectivity index (χ3v) is 2.31. The van der Waals surface area contributed by atoms with Crippen LogP contribution in [0.4, 0.5) is 11.9 Å². The SMILES string of the molecule is CCNc1nc(NCCC(=O)NC(C)C)nc(OCC)n1. The Morgan fingerprint density at radius 2 is 1.81 bits per heavy atom. The van der Waals surface area contributed by atoms with E-state index in [0.717, 1.165) is 0 Å². The molecule has 0 spiro atoms. The van der Waals surface area contributed by atoms with Gasteiger partial charge in [-0.05, 0) is 27.7 Å². The molecule has 3 N–H and O–H groups in total. The number of nitrogens with zero attached hydrogens (tertiary/aromatic N) is 3. The molecule has 1 aromatic rings. The standard InChI is InChI=1S/C13H24N6O2/c1-5-14-11-17-12(19-13(18-11)21-6-2)15-8-7-10(20)16-9(3)4/h9H,5-8H2,1-4H3,(H,16,20)(H2,14,15,17,18,19). The minimum Gasteiger partial charge on any atom is -0.464 e. The minimum absolute atomic E-state index is 0.0107. The van der Waals surface area contributed by atoms with E-state index in [1.807, 2.05) is 27.7 Å². The van der Waals surface area contributed by atoms with E-state index < -0.39 is 0 Å². The van der Waals surface area contributed by atoms with E-state index in [-0.39, 0.29) is 18.0 Å². The fourth-order valence-electron chi connectivity index (χ4n) is 1.55. The fraction of sp³-hybridized carbons (Fsp3) is 0.692. The van der Waals surface area contributed by atoms with Crippen molar-refractivity contribution >= 4 is 17.8 Å². The molecule has 118 valence electrons. The second kappa shape index (κ2) is 8.93. The zero-order valence-corrected chi connectivity index (χ0v) is 13.1. The first kappa shape index (κ1) is 16.9. The van der Waals surface area contributed by atoms with E-state index in [2.05, 4.69) is 30.9 Å². The Labute approximate surface area is 125 Å². The van der Waals surface area contributed by atoms with Crippen LogP contribution in [0.15, 0.2) is 0 Å². The monoisotopic (exact) mass is 296 g/mol. The van der Waals surface area contributed by atoms with Crippen molar-refractivity contribution in [3.8, 4) is 6.01 Å². The quantitative estimate of drug-likeness (QED) is 0.625. The lowest BCUT2D eigenvalue weighted by Gasteiger charge is -2.10. The van der Waals surface area contributed by atoms with Gasteiger partial charge in [-0.1, -0.05) is 0 Å². The zero-order chi connectivity index (χ0) is 15.7. The Bertz CT molecular complexity index is 428. The first-order valence-electron chi connectivity index (χ1n) is 7.21. The maximum absolute atomic E-state index is 11.5. The topological polar surface area (TPSA) is 101 Å². The molecule has 1 aromatic heterocycles. The van der Waals surface area contributed by atoms with E-state index in [0.29, 0.717) is 38.0 Å². The summed E-state index contributed by atoms with van der Waals surface area (Å²) in [5.74, 6) is 0.829. The summed E-state index contributed by atoms with van der Waals surface area (Å²) in [6, 6.07) is 0.400. The van der Waals surface area contributed by atoms with Gasteiger partial charge in [0.2, 0.25) is 17.8 Å². The molecule has 1 heterocycles. The van der Waals surface area contributed by atoms with Crippen molar-refractivity contribution in [2.45, 2.75) is 40.2 Å². The molecule has 0 aliphatic rings. The number of carbonyl (C=O) groups is 1. The van der Waals surface area contributed by atoms with Gasteiger partial charge in [-0.15, -0.1) is 0 Å². The molecule has 0 aromatic carbocycles. The molecule has 21 heavy (non-hydrogen) atoms. The van der Waals surface area contributed by atoms with Crippen molar-refractivity contribution in [3.63, 3.8) is 0 Å². The van der Waals surface area contributed by atoms with Crippen molar-refractivity contribution in [2.24, 2.45) is 0 Å². The predicted molar refractivity (Wildman–Crippen MR) is 81.5 cm³/mol. The van der Waals surface area contributed by atoms with Crippen LogP contribution in [-0.2, 0) is 4.79 Å². The van der Waals surface area contributed by atoms with Gasteiger partial charge in [-0.2, -0.15) is 15.0 Å². The number of anilines is 2. The smallest absolute Gasteiger partial charge is 0.323 e. The summed E-state index contributed by atoms with van der Waals surface area (Å²) in [5.41, 5.74) is 0. The molecule has 0 fully saturated rings. The van der Waals surface area contributed by atoms with E-state index in [1.54, 1.807) is 0 Å². The van der Waals surface area contributed by atoms with Gasteiger partial charge in [-0.3, -0.25) is 4.79 Å². The largest absolute Gasteiger partial charge is 0.464 e. The lowest BCUT2D eigenvalue weighted by Crippen LogP contribution is -2.31. The first-order chi connectivity index (χ1) is 10.0. The molecule has 0 saturated heterocycles. The predicted octanol–water partition coefficient (Wildman–Crippen LogP) is 1.03. The molecule has 0 saturated carbocycles. The van der Waals surface area contributed by atoms with Gasteiger partial charge in [0.25, 0.3) is 0 Å². The zero-order valence-electron chi connectivity index (χ0n) is 13.1. The number of hydrogen-bond donors (Lipinski definition) is 3. The van der Waals surface area contributed by atoms with Gasteiger partial charge >= 0.3 is 6.01 Å². The van der Waals surface area contributed by atoms with Crippen LogP contribution in [0.2, 0.25) is 0 Å². The van der Waals surface area contributed by atoms with Crippen molar-refractivity contribution in [1.29, 1.82) is 0 Å². The Morgan fingerprint density at radius 1 is 1.14 bits per heavy atom. The van der Waals surface area contributed by atoms with Gasteiger partial charge in [0.05, 0.1) is 6.61 Å². The number of aromatic nitrogens is 3. The van der Waals surface area contributed by atoms with Crippen molar-refractivity contribution in [3.05, 3.63) is 0 Å². The van der Waals surface area contributed by atoms with E-state index >= 15 is 0 Å². The summed E-state index contributed by atoms with van der Waals surface area (Å²) in [7, 11) is 0.